The van der Waals surface area contributed by atoms with Crippen LogP contribution in [0.4, 0.5) is 0 Å². The van der Waals surface area contributed by atoms with E-state index in [1.54, 1.807) is 27.7 Å². The van der Waals surface area contributed by atoms with Gasteiger partial charge < -0.3 is 63.8 Å². The number of rotatable bonds is 15. The molecule has 26 heteroatoms. The number of thioether (sulfide) groups is 1. The summed E-state index contributed by atoms with van der Waals surface area (Å²) in [6.07, 6.45) is -0.682. The Labute approximate surface area is 392 Å². The van der Waals surface area contributed by atoms with Gasteiger partial charge >= 0.3 is 5.97 Å². The number of amides is 10. The number of aromatic hydroxyl groups is 1. The van der Waals surface area contributed by atoms with E-state index in [4.69, 9.17) is 11.5 Å². The smallest absolute Gasteiger partial charge is 0.336 e. The Morgan fingerprint density at radius 3 is 2.11 bits per heavy atom. The molecule has 2 aliphatic heterocycles. The Morgan fingerprint density at radius 2 is 1.50 bits per heavy atom. The van der Waals surface area contributed by atoms with Crippen LogP contribution in [0.5, 0.6) is 5.75 Å². The SMILES string of the molecule is CC[C@H](C)[C@@H]1NC(=O)[C@H](Cc2ccc(O)cc2)NC(=O)CCSSC[C@@H](C(=O)N2CSC[C@H]2C(=O)N[C@@H](CC(C)C)C(=O)NCC(N)=O)NC(=O)[C@H](CC(N)=O)NC(=O)[C@H](C(=O)O)NC1=O. The Bertz CT molecular complexity index is 1980. The third-order valence-corrected chi connectivity index (χ3v) is 13.7. The largest absolute Gasteiger partial charge is 0.508 e. The third kappa shape index (κ3) is 17.2. The van der Waals surface area contributed by atoms with Crippen LogP contribution in [0.15, 0.2) is 24.3 Å². The number of carbonyl (C=O) groups is 11. The van der Waals surface area contributed by atoms with Crippen LogP contribution in [0, 0.1) is 11.8 Å². The van der Waals surface area contributed by atoms with Crippen molar-refractivity contribution < 1.29 is 63.0 Å². The van der Waals surface area contributed by atoms with Crippen LogP contribution in [0.3, 0.4) is 0 Å². The van der Waals surface area contributed by atoms with Crippen LogP contribution in [0.25, 0.3) is 0 Å². The molecule has 1 aromatic rings. The maximum Gasteiger partial charge on any atom is 0.336 e. The average molecular weight is 983 g/mol. The van der Waals surface area contributed by atoms with E-state index < -0.39 is 126 Å². The summed E-state index contributed by atoms with van der Waals surface area (Å²) in [6, 6.07) is -4.91. The molecular formula is C40H58N10O13S3. The number of nitrogens with one attached hydrogen (secondary N) is 7. The van der Waals surface area contributed by atoms with Crippen LogP contribution in [-0.2, 0) is 59.2 Å². The Balaban J connectivity index is 1.99. The summed E-state index contributed by atoms with van der Waals surface area (Å²) in [7, 11) is 2.16. The van der Waals surface area contributed by atoms with Crippen molar-refractivity contribution >= 4 is 98.4 Å². The quantitative estimate of drug-likeness (QED) is 0.0624. The first kappa shape index (κ1) is 54.6. The van der Waals surface area contributed by atoms with E-state index >= 15 is 0 Å². The summed E-state index contributed by atoms with van der Waals surface area (Å²) < 4.78 is 0. The number of carboxylic acids is 1. The number of primary amides is 2. The maximum atomic E-state index is 14.3. The van der Waals surface area contributed by atoms with Crippen molar-refractivity contribution in [2.24, 2.45) is 23.3 Å². The molecule has 0 radical (unpaired) electrons. The summed E-state index contributed by atoms with van der Waals surface area (Å²) in [5, 5.41) is 36.8. The molecule has 2 saturated heterocycles. The highest BCUT2D eigenvalue weighted by atomic mass is 33.1. The number of nitrogens with two attached hydrogens (primary N) is 2. The maximum absolute atomic E-state index is 14.3. The molecule has 3 rings (SSSR count). The van der Waals surface area contributed by atoms with Crippen molar-refractivity contribution in [1.82, 2.24) is 42.1 Å². The number of phenols is 1. The average Bonchev–Trinajstić information content (AvgIpc) is 3.75. The van der Waals surface area contributed by atoms with Gasteiger partial charge in [-0.3, -0.25) is 47.9 Å². The fourth-order valence-electron chi connectivity index (χ4n) is 6.54. The second kappa shape index (κ2) is 26.4. The molecule has 0 bridgehead atoms. The fraction of sp³-hybridized carbons (Fsp3) is 0.575. The van der Waals surface area contributed by atoms with Crippen molar-refractivity contribution in [2.75, 3.05) is 29.7 Å². The molecule has 66 heavy (non-hydrogen) atoms. The zero-order valence-electron chi connectivity index (χ0n) is 36.8. The van der Waals surface area contributed by atoms with Gasteiger partial charge in [0.1, 0.15) is 42.0 Å². The lowest BCUT2D eigenvalue weighted by atomic mass is 9.96. The highest BCUT2D eigenvalue weighted by Crippen LogP contribution is 2.27. The minimum Gasteiger partial charge on any atom is -0.508 e. The van der Waals surface area contributed by atoms with Gasteiger partial charge in [0.25, 0.3) is 5.91 Å². The number of benzene rings is 1. The van der Waals surface area contributed by atoms with Gasteiger partial charge in [0.15, 0.2) is 0 Å². The van der Waals surface area contributed by atoms with Crippen molar-refractivity contribution in [1.29, 1.82) is 0 Å². The first-order valence-corrected chi connectivity index (χ1v) is 24.5. The molecule has 13 N–H and O–H groups in total. The molecule has 8 atom stereocenters. The number of carbonyl (C=O) groups excluding carboxylic acids is 10. The van der Waals surface area contributed by atoms with Gasteiger partial charge in [-0.2, -0.15) is 0 Å². The molecule has 2 fully saturated rings. The van der Waals surface area contributed by atoms with Gasteiger partial charge in [-0.25, -0.2) is 4.79 Å². The number of phenolic OH excluding ortho intramolecular Hbond substituents is 1. The molecule has 0 unspecified atom stereocenters. The van der Waals surface area contributed by atoms with Crippen molar-refractivity contribution in [3.63, 3.8) is 0 Å². The van der Waals surface area contributed by atoms with Crippen molar-refractivity contribution in [3.8, 4) is 5.75 Å². The minimum absolute atomic E-state index is 0.0397. The van der Waals surface area contributed by atoms with E-state index in [0.717, 1.165) is 21.6 Å². The summed E-state index contributed by atoms with van der Waals surface area (Å²) >= 11 is 1.20. The monoisotopic (exact) mass is 982 g/mol. The molecule has 2 aliphatic rings. The predicted octanol–water partition coefficient (Wildman–Crippen LogP) is -2.82. The molecule has 0 saturated carbocycles. The van der Waals surface area contributed by atoms with Crippen LogP contribution < -0.4 is 48.7 Å². The summed E-state index contributed by atoms with van der Waals surface area (Å²) in [6.45, 7) is 6.40. The first-order valence-electron chi connectivity index (χ1n) is 20.9. The molecule has 0 spiro atoms. The number of hydrogen-bond donors (Lipinski definition) is 11. The zero-order valence-corrected chi connectivity index (χ0v) is 39.2. The van der Waals surface area contributed by atoms with E-state index in [2.05, 4.69) is 37.2 Å². The van der Waals surface area contributed by atoms with Gasteiger partial charge in [-0.15, -0.1) is 11.8 Å². The lowest BCUT2D eigenvalue weighted by Crippen LogP contribution is -2.62. The summed E-state index contributed by atoms with van der Waals surface area (Å²) in [4.78, 5) is 147. The van der Waals surface area contributed by atoms with E-state index in [1.165, 1.54) is 40.9 Å². The van der Waals surface area contributed by atoms with E-state index in [-0.39, 0.29) is 60.5 Å². The normalized spacial score (nSPS) is 23.7. The lowest BCUT2D eigenvalue weighted by molar-refractivity contribution is -0.148. The first-order chi connectivity index (χ1) is 31.1. The van der Waals surface area contributed by atoms with E-state index in [9.17, 15) is 63.0 Å². The van der Waals surface area contributed by atoms with Crippen molar-refractivity contribution in [2.45, 2.75) is 102 Å². The zero-order chi connectivity index (χ0) is 49.2. The second-order valence-corrected chi connectivity index (χ2v) is 19.6. The summed E-state index contributed by atoms with van der Waals surface area (Å²) in [5.74, 6) is -12.0. The number of hydrogen-bond acceptors (Lipinski definition) is 15. The Hall–Kier alpha value is -5.76. The standard InChI is InChI=1S/C40H58N10O13S3/c1-5-20(4)31-37(59)49-32(40(62)63)38(60)46-25(14-28(41)52)34(56)47-26(16-66-65-11-10-30(54)44-24(35(57)48-31)13-21-6-8-22(51)9-7-21)39(61)50-18-64-17-27(50)36(58)45-23(12-19(2)3)33(55)43-15-29(42)53/h6-9,19-20,23-27,31-32,51H,5,10-18H2,1-4H3,(H2,41,52)(H2,42,53)(H,43,55)(H,44,54)(H,45,58)(H,46,60)(H,47,56)(H,48,57)(H,49,59)(H,62,63)/t20-,23-,24-,25-,26-,27-,31-,32+/m0/s1. The minimum atomic E-state index is -2.38. The fourth-order valence-corrected chi connectivity index (χ4v) is 9.85. The molecule has 364 valence electrons. The summed E-state index contributed by atoms with van der Waals surface area (Å²) in [5.41, 5.74) is 11.1. The molecule has 1 aromatic carbocycles. The van der Waals surface area contributed by atoms with Gasteiger partial charge in [0.2, 0.25) is 59.2 Å². The second-order valence-electron chi connectivity index (χ2n) is 16.0. The number of nitrogens with zero attached hydrogens (tertiary/aromatic N) is 1. The van der Waals surface area contributed by atoms with Crippen LogP contribution in [0.1, 0.15) is 58.9 Å². The Morgan fingerprint density at radius 1 is 0.833 bits per heavy atom. The molecule has 0 aromatic heterocycles. The predicted molar refractivity (Wildman–Crippen MR) is 243 cm³/mol. The molecule has 10 amide bonds. The van der Waals surface area contributed by atoms with Gasteiger partial charge in [0, 0.05) is 30.1 Å². The van der Waals surface area contributed by atoms with E-state index in [0.29, 0.717) is 5.56 Å². The highest BCUT2D eigenvalue weighted by molar-refractivity contribution is 8.76. The Kier molecular flexibility index (Phi) is 21.8. The van der Waals surface area contributed by atoms with Crippen molar-refractivity contribution in [3.05, 3.63) is 29.8 Å². The van der Waals surface area contributed by atoms with Gasteiger partial charge in [-0.1, -0.05) is 67.8 Å². The van der Waals surface area contributed by atoms with Gasteiger partial charge in [0.05, 0.1) is 18.8 Å². The number of aliphatic carboxylic acids is 1. The lowest BCUT2D eigenvalue weighted by Gasteiger charge is -2.30. The number of carboxylic acid groups (broad SMARTS) is 1. The van der Waals surface area contributed by atoms with Crippen LogP contribution in [0.2, 0.25) is 0 Å². The molecule has 0 aliphatic carbocycles. The van der Waals surface area contributed by atoms with Crippen LogP contribution in [-0.4, -0.2) is 152 Å². The van der Waals surface area contributed by atoms with E-state index in [1.807, 2.05) is 0 Å². The molecular weight excluding hydrogens is 925 g/mol. The van der Waals surface area contributed by atoms with Crippen LogP contribution >= 0.6 is 33.3 Å². The molecule has 23 nitrogen and oxygen atoms in total. The third-order valence-electron chi connectivity index (χ3n) is 10.2. The van der Waals surface area contributed by atoms with Gasteiger partial charge in [-0.05, 0) is 36.0 Å². The topological polar surface area (TPSA) is 368 Å². The highest BCUT2D eigenvalue weighted by Gasteiger charge is 2.41. The molecule has 2 heterocycles.